The molecular weight excluding hydrogens is 450 g/mol. The summed E-state index contributed by atoms with van der Waals surface area (Å²) in [6.45, 7) is 7.17. The van der Waals surface area contributed by atoms with E-state index in [4.69, 9.17) is 14.6 Å². The third-order valence-electron chi connectivity index (χ3n) is 5.75. The van der Waals surface area contributed by atoms with Crippen molar-refractivity contribution in [2.75, 3.05) is 29.6 Å². The van der Waals surface area contributed by atoms with E-state index in [9.17, 15) is 4.79 Å². The number of amides is 1. The number of thioether (sulfide) groups is 1. The van der Waals surface area contributed by atoms with Gasteiger partial charge in [0.05, 0.1) is 18.8 Å². The van der Waals surface area contributed by atoms with E-state index < -0.39 is 6.04 Å². The van der Waals surface area contributed by atoms with Gasteiger partial charge >= 0.3 is 0 Å². The van der Waals surface area contributed by atoms with Gasteiger partial charge in [-0.2, -0.15) is 4.98 Å². The first-order chi connectivity index (χ1) is 16.5. The van der Waals surface area contributed by atoms with E-state index in [1.807, 2.05) is 56.3 Å². The molecule has 1 unspecified atom stereocenters. The van der Waals surface area contributed by atoms with Gasteiger partial charge in [0.1, 0.15) is 6.04 Å². The number of carbonyl (C=O) groups is 1. The number of allylic oxidation sites excluding steroid dienone is 1. The van der Waals surface area contributed by atoms with E-state index in [1.54, 1.807) is 16.4 Å². The minimum absolute atomic E-state index is 0.197. The van der Waals surface area contributed by atoms with Gasteiger partial charge in [-0.3, -0.25) is 4.79 Å². The van der Waals surface area contributed by atoms with Gasteiger partial charge in [-0.05, 0) is 49.4 Å². The first-order valence-corrected chi connectivity index (χ1v) is 12.4. The van der Waals surface area contributed by atoms with Crippen molar-refractivity contribution in [2.45, 2.75) is 38.4 Å². The lowest BCUT2D eigenvalue weighted by molar-refractivity contribution is -0.113. The van der Waals surface area contributed by atoms with E-state index in [0.29, 0.717) is 41.4 Å². The highest BCUT2D eigenvalue weighted by Gasteiger charge is 2.35. The van der Waals surface area contributed by atoms with Crippen LogP contribution < -0.4 is 20.1 Å². The Kier molecular flexibility index (Phi) is 6.19. The van der Waals surface area contributed by atoms with Gasteiger partial charge in [-0.1, -0.05) is 42.4 Å². The van der Waals surface area contributed by atoms with Crippen molar-refractivity contribution in [1.29, 1.82) is 0 Å². The zero-order chi connectivity index (χ0) is 23.7. The maximum absolute atomic E-state index is 13.6. The summed E-state index contributed by atoms with van der Waals surface area (Å²) in [5, 5.41) is 11.7. The van der Waals surface area contributed by atoms with Crippen LogP contribution in [0.5, 0.6) is 11.5 Å². The van der Waals surface area contributed by atoms with Crippen LogP contribution in [0.25, 0.3) is 0 Å². The molecule has 1 atom stereocenters. The maximum Gasteiger partial charge on any atom is 0.255 e. The number of benzene rings is 2. The highest BCUT2D eigenvalue weighted by molar-refractivity contribution is 7.99. The molecule has 0 fully saturated rings. The Bertz CT molecular complexity index is 1250. The first-order valence-electron chi connectivity index (χ1n) is 11.4. The number of ether oxygens (including phenoxy) is 2. The van der Waals surface area contributed by atoms with Crippen LogP contribution >= 0.6 is 11.8 Å². The minimum Gasteiger partial charge on any atom is -0.490 e. The van der Waals surface area contributed by atoms with Crippen molar-refractivity contribution >= 4 is 29.3 Å². The van der Waals surface area contributed by atoms with Gasteiger partial charge in [-0.25, -0.2) is 4.68 Å². The second-order valence-electron chi connectivity index (χ2n) is 8.24. The number of hydrogen-bond acceptors (Lipinski definition) is 7. The topological polar surface area (TPSA) is 90.3 Å². The number of nitrogens with one attached hydrogen (secondary N) is 2. The largest absolute Gasteiger partial charge is 0.490 e. The molecule has 8 nitrogen and oxygen atoms in total. The Hall–Kier alpha value is -3.46. The lowest BCUT2D eigenvalue weighted by atomic mass is 9.94. The summed E-state index contributed by atoms with van der Waals surface area (Å²) < 4.78 is 13.5. The highest BCUT2D eigenvalue weighted by Crippen LogP contribution is 2.40. The number of aromatic nitrogens is 3. The number of aryl methyl sites for hydroxylation is 1. The van der Waals surface area contributed by atoms with Crippen molar-refractivity contribution in [3.05, 3.63) is 64.9 Å². The van der Waals surface area contributed by atoms with Gasteiger partial charge in [0.15, 0.2) is 11.5 Å². The van der Waals surface area contributed by atoms with Gasteiger partial charge in [0.25, 0.3) is 5.91 Å². The Balaban J connectivity index is 1.57. The number of nitrogens with zero attached hydrogens (tertiary/aromatic N) is 3. The van der Waals surface area contributed by atoms with E-state index in [0.717, 1.165) is 34.7 Å². The van der Waals surface area contributed by atoms with Crippen molar-refractivity contribution in [2.24, 2.45) is 0 Å². The van der Waals surface area contributed by atoms with Gasteiger partial charge < -0.3 is 20.1 Å². The smallest absolute Gasteiger partial charge is 0.255 e. The third-order valence-corrected chi connectivity index (χ3v) is 6.47. The molecule has 0 radical (unpaired) electrons. The fourth-order valence-electron chi connectivity index (χ4n) is 4.11. The van der Waals surface area contributed by atoms with Crippen LogP contribution in [0, 0.1) is 6.92 Å². The summed E-state index contributed by atoms with van der Waals surface area (Å²) in [6.07, 6.45) is 0.825. The molecule has 0 saturated heterocycles. The molecule has 0 bridgehead atoms. The van der Waals surface area contributed by atoms with E-state index in [-0.39, 0.29) is 5.91 Å². The second-order valence-corrected chi connectivity index (χ2v) is 9.47. The molecule has 5 rings (SSSR count). The molecule has 3 aromatic rings. The van der Waals surface area contributed by atoms with Gasteiger partial charge in [-0.15, -0.1) is 5.10 Å². The number of carbonyl (C=O) groups excluding carboxylic acids is 1. The molecular formula is C25H27N5O3S. The zero-order valence-corrected chi connectivity index (χ0v) is 20.2. The molecule has 9 heteroatoms. The predicted octanol–water partition coefficient (Wildman–Crippen LogP) is 4.79. The average molecular weight is 478 g/mol. The van der Waals surface area contributed by atoms with E-state index in [1.165, 1.54) is 0 Å². The lowest BCUT2D eigenvalue weighted by Gasteiger charge is -2.29. The monoisotopic (exact) mass is 477 g/mol. The molecule has 2 aliphatic heterocycles. The summed E-state index contributed by atoms with van der Waals surface area (Å²) in [5.41, 5.74) is 4.04. The van der Waals surface area contributed by atoms with E-state index in [2.05, 4.69) is 22.5 Å². The van der Waals surface area contributed by atoms with Crippen LogP contribution in [-0.2, 0) is 4.79 Å². The molecule has 0 saturated carbocycles. The van der Waals surface area contributed by atoms with Crippen LogP contribution in [0.2, 0.25) is 0 Å². The Morgan fingerprint density at radius 3 is 2.68 bits per heavy atom. The lowest BCUT2D eigenvalue weighted by Crippen LogP contribution is -2.31. The van der Waals surface area contributed by atoms with Crippen molar-refractivity contribution in [3.63, 3.8) is 0 Å². The van der Waals surface area contributed by atoms with Crippen LogP contribution in [0.3, 0.4) is 0 Å². The summed E-state index contributed by atoms with van der Waals surface area (Å²) in [7, 11) is 0. The number of hydrogen-bond donors (Lipinski definition) is 2. The molecule has 2 aromatic carbocycles. The van der Waals surface area contributed by atoms with E-state index >= 15 is 0 Å². The molecule has 0 spiro atoms. The van der Waals surface area contributed by atoms with Gasteiger partial charge in [0, 0.05) is 17.8 Å². The SMILES string of the molecule is CCSc1nc2n(n1)C(c1ccc3c(c1)OCCCO3)C(C(=O)Nc1ccc(C)cc1)=C(C)N2. The first kappa shape index (κ1) is 22.3. The van der Waals surface area contributed by atoms with Crippen LogP contribution in [0.4, 0.5) is 11.6 Å². The number of anilines is 2. The molecule has 176 valence electrons. The Labute approximate surface area is 202 Å². The molecule has 3 heterocycles. The van der Waals surface area contributed by atoms with Gasteiger partial charge in [0.2, 0.25) is 11.1 Å². The number of rotatable bonds is 5. The number of fused-ring (bicyclic) bond motifs is 2. The average Bonchev–Trinajstić information content (AvgIpc) is 3.06. The highest BCUT2D eigenvalue weighted by atomic mass is 32.2. The molecule has 0 aliphatic carbocycles. The zero-order valence-electron chi connectivity index (χ0n) is 19.4. The predicted molar refractivity (Wildman–Crippen MR) is 133 cm³/mol. The third kappa shape index (κ3) is 4.35. The second kappa shape index (κ2) is 9.42. The normalized spacial score (nSPS) is 17.0. The Morgan fingerprint density at radius 1 is 1.15 bits per heavy atom. The quantitative estimate of drug-likeness (QED) is 0.511. The van der Waals surface area contributed by atoms with Crippen molar-refractivity contribution in [1.82, 2.24) is 14.8 Å². The maximum atomic E-state index is 13.6. The fraction of sp³-hybridized carbons (Fsp3) is 0.320. The summed E-state index contributed by atoms with van der Waals surface area (Å²) >= 11 is 1.56. The Morgan fingerprint density at radius 2 is 1.91 bits per heavy atom. The standard InChI is InChI=1S/C25H27N5O3S/c1-4-34-25-28-24-26-16(3)21(23(31)27-18-9-6-15(2)7-10-18)22(30(24)29-25)17-8-11-19-20(14-17)33-13-5-12-32-19/h6-11,14,22H,4-5,12-13H2,1-3H3,(H,27,31)(H,26,28,29). The van der Waals surface area contributed by atoms with Crippen LogP contribution in [0.1, 0.15) is 37.4 Å². The fourth-order valence-corrected chi connectivity index (χ4v) is 4.66. The summed E-state index contributed by atoms with van der Waals surface area (Å²) in [5.74, 6) is 2.65. The molecule has 34 heavy (non-hydrogen) atoms. The van der Waals surface area contributed by atoms with Crippen molar-refractivity contribution < 1.29 is 14.3 Å². The van der Waals surface area contributed by atoms with Crippen LogP contribution in [0.15, 0.2) is 58.9 Å². The van der Waals surface area contributed by atoms with Crippen molar-refractivity contribution in [3.8, 4) is 11.5 Å². The summed E-state index contributed by atoms with van der Waals surface area (Å²) in [4.78, 5) is 18.2. The molecule has 1 aromatic heterocycles. The minimum atomic E-state index is -0.474. The molecule has 1 amide bonds. The molecule has 2 N–H and O–H groups in total. The molecule has 2 aliphatic rings. The van der Waals surface area contributed by atoms with Crippen LogP contribution in [-0.4, -0.2) is 39.6 Å². The summed E-state index contributed by atoms with van der Waals surface area (Å²) in [6, 6.07) is 13.1.